The van der Waals surface area contributed by atoms with Crippen LogP contribution < -0.4 is 10.6 Å². The van der Waals surface area contributed by atoms with Gasteiger partial charge in [0.05, 0.1) is 0 Å². The Balaban J connectivity index is 5.53. The summed E-state index contributed by atoms with van der Waals surface area (Å²) in [6.45, 7) is 5.95. The molecule has 0 spiro atoms. The summed E-state index contributed by atoms with van der Waals surface area (Å²) in [5.74, 6) is -32.5. The molecule has 0 saturated carbocycles. The Morgan fingerprint density at radius 3 is 1.15 bits per heavy atom. The molecule has 2 atom stereocenters. The minimum atomic E-state index is -6.84. The Labute approximate surface area is 195 Å². The molecular weight excluding hydrogens is 476 g/mol. The topological polar surface area (TPSA) is 58.2 Å². The monoisotopic (exact) mass is 512 g/mol. The molecule has 0 fully saturated rings. The first kappa shape index (κ1) is 32.4. The summed E-state index contributed by atoms with van der Waals surface area (Å²) >= 11 is 0. The van der Waals surface area contributed by atoms with Crippen molar-refractivity contribution in [1.82, 2.24) is 10.6 Å². The van der Waals surface area contributed by atoms with E-state index in [1.54, 1.807) is 13.8 Å². The standard InChI is InChI=1S/C22H36F8N2O2/c1-5-9-11-15(7-3)13-31-17(33)19(23,24)21(27,28)22(29,30)20(25,26)18(34)32-14-16(8-4)12-10-6-2/h15-16H,5-14H2,1-4H3,(H,31,33)(H,32,34). The van der Waals surface area contributed by atoms with Crippen LogP contribution in [0, 0.1) is 11.8 Å². The van der Waals surface area contributed by atoms with E-state index in [0.29, 0.717) is 38.5 Å². The quantitative estimate of drug-likeness (QED) is 0.228. The molecule has 0 heterocycles. The maximum absolute atomic E-state index is 14.1. The van der Waals surface area contributed by atoms with Gasteiger partial charge < -0.3 is 10.6 Å². The average molecular weight is 513 g/mol. The second-order valence-corrected chi connectivity index (χ2v) is 8.55. The summed E-state index contributed by atoms with van der Waals surface area (Å²) in [7, 11) is 0. The number of unbranched alkanes of at least 4 members (excludes halogenated alkanes) is 2. The van der Waals surface area contributed by atoms with E-state index in [-0.39, 0.29) is 11.8 Å². The van der Waals surface area contributed by atoms with E-state index in [2.05, 4.69) is 0 Å². The van der Waals surface area contributed by atoms with E-state index in [9.17, 15) is 44.7 Å². The molecule has 0 aliphatic heterocycles. The molecule has 0 rings (SSSR count). The van der Waals surface area contributed by atoms with Crippen molar-refractivity contribution >= 4 is 11.8 Å². The van der Waals surface area contributed by atoms with Crippen molar-refractivity contribution in [1.29, 1.82) is 0 Å². The van der Waals surface area contributed by atoms with Crippen molar-refractivity contribution in [3.63, 3.8) is 0 Å². The summed E-state index contributed by atoms with van der Waals surface area (Å²) in [4.78, 5) is 23.4. The normalized spacial score (nSPS) is 15.1. The van der Waals surface area contributed by atoms with Crippen molar-refractivity contribution in [3.05, 3.63) is 0 Å². The molecule has 2 unspecified atom stereocenters. The molecule has 0 aromatic carbocycles. The fraction of sp³-hybridized carbons (Fsp3) is 0.909. The van der Waals surface area contributed by atoms with Crippen LogP contribution in [-0.2, 0) is 9.59 Å². The largest absolute Gasteiger partial charge is 0.392 e. The summed E-state index contributed by atoms with van der Waals surface area (Å²) in [6.07, 6.45) is 4.46. The van der Waals surface area contributed by atoms with Crippen LogP contribution in [-0.4, -0.2) is 48.6 Å². The van der Waals surface area contributed by atoms with Gasteiger partial charge in [-0.2, -0.15) is 35.1 Å². The summed E-state index contributed by atoms with van der Waals surface area (Å²) in [5, 5.41) is 2.92. The van der Waals surface area contributed by atoms with E-state index in [1.165, 1.54) is 10.6 Å². The van der Waals surface area contributed by atoms with Crippen molar-refractivity contribution < 1.29 is 44.7 Å². The average Bonchev–Trinajstić information content (AvgIpc) is 2.78. The minimum Gasteiger partial charge on any atom is -0.350 e. The lowest BCUT2D eigenvalue weighted by molar-refractivity contribution is -0.347. The van der Waals surface area contributed by atoms with Crippen molar-refractivity contribution in [2.24, 2.45) is 11.8 Å². The number of hydrogen-bond donors (Lipinski definition) is 2. The first-order valence-electron chi connectivity index (χ1n) is 11.7. The van der Waals surface area contributed by atoms with Crippen molar-refractivity contribution in [2.75, 3.05) is 13.1 Å². The predicted molar refractivity (Wildman–Crippen MR) is 112 cm³/mol. The zero-order chi connectivity index (χ0) is 26.8. The Hall–Kier alpha value is -1.62. The number of carbonyl (C=O) groups excluding carboxylic acids is 2. The molecule has 0 aliphatic carbocycles. The lowest BCUT2D eigenvalue weighted by Crippen LogP contribution is -2.69. The fourth-order valence-corrected chi connectivity index (χ4v) is 3.26. The van der Waals surface area contributed by atoms with Gasteiger partial charge in [-0.25, -0.2) is 0 Å². The SMILES string of the molecule is CCCCC(CC)CNC(=O)C(F)(F)C(F)(F)C(F)(F)C(F)(F)C(=O)NCC(CC)CCCC. The molecule has 0 radical (unpaired) electrons. The molecule has 202 valence electrons. The summed E-state index contributed by atoms with van der Waals surface area (Å²) < 4.78 is 113. The highest BCUT2D eigenvalue weighted by Crippen LogP contribution is 2.52. The van der Waals surface area contributed by atoms with E-state index in [0.717, 1.165) is 12.8 Å². The van der Waals surface area contributed by atoms with Crippen LogP contribution in [0.4, 0.5) is 35.1 Å². The van der Waals surface area contributed by atoms with Crippen molar-refractivity contribution in [2.45, 2.75) is 103 Å². The zero-order valence-corrected chi connectivity index (χ0v) is 20.1. The van der Waals surface area contributed by atoms with Gasteiger partial charge in [-0.1, -0.05) is 66.2 Å². The lowest BCUT2D eigenvalue weighted by Gasteiger charge is -2.35. The third kappa shape index (κ3) is 7.44. The highest BCUT2D eigenvalue weighted by Gasteiger charge is 2.84. The van der Waals surface area contributed by atoms with Gasteiger partial charge >= 0.3 is 23.7 Å². The van der Waals surface area contributed by atoms with Crippen LogP contribution in [0.5, 0.6) is 0 Å². The highest BCUT2D eigenvalue weighted by molar-refractivity contribution is 5.87. The summed E-state index contributed by atoms with van der Waals surface area (Å²) in [6, 6.07) is 0. The maximum Gasteiger partial charge on any atom is 0.392 e. The third-order valence-electron chi connectivity index (χ3n) is 5.94. The first-order chi connectivity index (χ1) is 15.6. The molecule has 0 saturated heterocycles. The molecule has 2 N–H and O–H groups in total. The molecule has 34 heavy (non-hydrogen) atoms. The number of nitrogens with one attached hydrogen (secondary N) is 2. The Kier molecular flexibility index (Phi) is 12.8. The Morgan fingerprint density at radius 1 is 0.618 bits per heavy atom. The maximum atomic E-state index is 14.1. The molecule has 0 aromatic heterocycles. The highest BCUT2D eigenvalue weighted by atomic mass is 19.4. The number of rotatable bonds is 17. The Morgan fingerprint density at radius 2 is 0.912 bits per heavy atom. The van der Waals surface area contributed by atoms with Gasteiger partial charge in [-0.3, -0.25) is 9.59 Å². The van der Waals surface area contributed by atoms with Crippen LogP contribution in [0.1, 0.15) is 79.1 Å². The summed E-state index contributed by atoms with van der Waals surface area (Å²) in [5.41, 5.74) is 0. The van der Waals surface area contributed by atoms with Gasteiger partial charge in [0, 0.05) is 13.1 Å². The second kappa shape index (κ2) is 13.5. The van der Waals surface area contributed by atoms with Gasteiger partial charge in [-0.15, -0.1) is 0 Å². The van der Waals surface area contributed by atoms with Gasteiger partial charge in [0.15, 0.2) is 0 Å². The van der Waals surface area contributed by atoms with E-state index in [1.807, 2.05) is 13.8 Å². The zero-order valence-electron chi connectivity index (χ0n) is 20.1. The molecular formula is C22H36F8N2O2. The van der Waals surface area contributed by atoms with E-state index >= 15 is 0 Å². The van der Waals surface area contributed by atoms with Crippen LogP contribution in [0.3, 0.4) is 0 Å². The van der Waals surface area contributed by atoms with Crippen LogP contribution in [0.2, 0.25) is 0 Å². The number of amides is 2. The number of alkyl halides is 8. The second-order valence-electron chi connectivity index (χ2n) is 8.55. The first-order valence-corrected chi connectivity index (χ1v) is 11.7. The van der Waals surface area contributed by atoms with Gasteiger partial charge in [0.1, 0.15) is 0 Å². The van der Waals surface area contributed by atoms with Crippen molar-refractivity contribution in [3.8, 4) is 0 Å². The molecule has 4 nitrogen and oxygen atoms in total. The van der Waals surface area contributed by atoms with Gasteiger partial charge in [0.2, 0.25) is 0 Å². The Bertz CT molecular complexity index is 590. The van der Waals surface area contributed by atoms with E-state index < -0.39 is 48.6 Å². The molecule has 0 aromatic rings. The lowest BCUT2D eigenvalue weighted by atomic mass is 9.95. The minimum absolute atomic E-state index is 0.383. The molecule has 0 aliphatic rings. The fourth-order valence-electron chi connectivity index (χ4n) is 3.26. The number of hydrogen-bond acceptors (Lipinski definition) is 2. The van der Waals surface area contributed by atoms with Gasteiger partial charge in [-0.05, 0) is 24.7 Å². The number of carbonyl (C=O) groups is 2. The number of halogens is 8. The van der Waals surface area contributed by atoms with Gasteiger partial charge in [0.25, 0.3) is 11.8 Å². The molecule has 0 bridgehead atoms. The van der Waals surface area contributed by atoms with Crippen LogP contribution in [0.25, 0.3) is 0 Å². The molecule has 2 amide bonds. The predicted octanol–water partition coefficient (Wildman–Crippen LogP) is 6.19. The van der Waals surface area contributed by atoms with E-state index in [4.69, 9.17) is 0 Å². The van der Waals surface area contributed by atoms with Crippen LogP contribution >= 0.6 is 0 Å². The molecule has 12 heteroatoms. The van der Waals surface area contributed by atoms with Crippen LogP contribution in [0.15, 0.2) is 0 Å². The third-order valence-corrected chi connectivity index (χ3v) is 5.94. The smallest absolute Gasteiger partial charge is 0.350 e.